The lowest BCUT2D eigenvalue weighted by Crippen LogP contribution is -2.29. The molecule has 0 aliphatic carbocycles. The van der Waals surface area contributed by atoms with Crippen LogP contribution in [0.1, 0.15) is 30.0 Å². The van der Waals surface area contributed by atoms with Crippen molar-refractivity contribution in [3.63, 3.8) is 0 Å². The van der Waals surface area contributed by atoms with E-state index in [1.807, 2.05) is 13.0 Å². The molecule has 6 nitrogen and oxygen atoms in total. The molecule has 1 N–H and O–H groups in total. The van der Waals surface area contributed by atoms with Crippen LogP contribution in [0, 0.1) is 6.92 Å². The van der Waals surface area contributed by atoms with E-state index in [0.717, 1.165) is 0 Å². The van der Waals surface area contributed by atoms with Gasteiger partial charge in [0.2, 0.25) is 0 Å². The summed E-state index contributed by atoms with van der Waals surface area (Å²) in [7, 11) is 0. The fraction of sp³-hybridized carbons (Fsp3) is 0.167. The van der Waals surface area contributed by atoms with Crippen molar-refractivity contribution in [3.8, 4) is 5.75 Å². The normalized spacial score (nSPS) is 18.1. The minimum atomic E-state index is -0.878. The molecule has 1 aliphatic heterocycles. The summed E-state index contributed by atoms with van der Waals surface area (Å²) in [6, 6.07) is 18.2. The largest absolute Gasteiger partial charge is 0.507 e. The number of Topliss-reactive ketones (excluding diaryl/α,β-unsaturated/α-hetero) is 1. The number of amides is 1. The van der Waals surface area contributed by atoms with Gasteiger partial charge in [0.15, 0.2) is 0 Å². The van der Waals surface area contributed by atoms with E-state index in [0.29, 0.717) is 35.1 Å². The molecule has 1 atom stereocenters. The van der Waals surface area contributed by atoms with E-state index < -0.39 is 17.7 Å². The summed E-state index contributed by atoms with van der Waals surface area (Å²) in [5, 5.41) is 11.1. The van der Waals surface area contributed by atoms with Crippen LogP contribution < -0.4 is 9.64 Å². The van der Waals surface area contributed by atoms with Crippen molar-refractivity contribution in [2.75, 3.05) is 11.5 Å². The Morgan fingerprint density at radius 2 is 1.83 bits per heavy atom. The lowest BCUT2D eigenvalue weighted by Gasteiger charge is -2.23. The number of ether oxygens (including phenoxy) is 1. The second kappa shape index (κ2) is 7.91. The van der Waals surface area contributed by atoms with Crippen molar-refractivity contribution >= 4 is 23.1 Å². The highest BCUT2D eigenvalue weighted by molar-refractivity contribution is 6.51. The van der Waals surface area contributed by atoms with Crippen LogP contribution in [-0.2, 0) is 9.59 Å². The van der Waals surface area contributed by atoms with Gasteiger partial charge in [-0.15, -0.1) is 0 Å². The Bertz CT molecular complexity index is 1130. The Kier molecular flexibility index (Phi) is 5.14. The van der Waals surface area contributed by atoms with Gasteiger partial charge in [0.05, 0.1) is 12.2 Å². The Morgan fingerprint density at radius 3 is 2.50 bits per heavy atom. The van der Waals surface area contributed by atoms with E-state index in [-0.39, 0.29) is 11.3 Å². The van der Waals surface area contributed by atoms with Crippen molar-refractivity contribution in [2.24, 2.45) is 0 Å². The number of aliphatic hydroxyl groups is 1. The van der Waals surface area contributed by atoms with Crippen LogP contribution in [0.4, 0.5) is 5.69 Å². The molecule has 1 fully saturated rings. The number of hydrogen-bond donors (Lipinski definition) is 1. The van der Waals surface area contributed by atoms with Gasteiger partial charge in [-0.3, -0.25) is 14.5 Å². The summed E-state index contributed by atoms with van der Waals surface area (Å²) in [6.45, 7) is 4.11. The number of aliphatic hydroxyl groups excluding tert-OH is 1. The van der Waals surface area contributed by atoms with Gasteiger partial charge < -0.3 is 14.3 Å². The van der Waals surface area contributed by atoms with Crippen LogP contribution in [0.3, 0.4) is 0 Å². The minimum absolute atomic E-state index is 0.0214. The molecular weight excluding hydrogens is 382 g/mol. The molecule has 0 spiro atoms. The Labute approximate surface area is 174 Å². The fourth-order valence-corrected chi connectivity index (χ4v) is 3.61. The molecule has 1 unspecified atom stereocenters. The van der Waals surface area contributed by atoms with Gasteiger partial charge in [-0.05, 0) is 50.2 Å². The van der Waals surface area contributed by atoms with E-state index in [1.54, 1.807) is 67.6 Å². The Balaban J connectivity index is 1.90. The molecule has 0 saturated carbocycles. The summed E-state index contributed by atoms with van der Waals surface area (Å²) in [5.41, 5.74) is 0.910. The first kappa shape index (κ1) is 19.5. The number of aryl methyl sites for hydroxylation is 1. The van der Waals surface area contributed by atoms with Crippen LogP contribution >= 0.6 is 0 Å². The average molecular weight is 403 g/mol. The predicted octanol–water partition coefficient (Wildman–Crippen LogP) is 4.61. The zero-order valence-electron chi connectivity index (χ0n) is 16.7. The molecule has 152 valence electrons. The maximum absolute atomic E-state index is 13.0. The molecule has 30 heavy (non-hydrogen) atoms. The topological polar surface area (TPSA) is 80.0 Å². The molecule has 2 heterocycles. The third kappa shape index (κ3) is 3.37. The monoisotopic (exact) mass is 403 g/mol. The van der Waals surface area contributed by atoms with Crippen molar-refractivity contribution in [1.29, 1.82) is 0 Å². The van der Waals surface area contributed by atoms with E-state index in [4.69, 9.17) is 9.15 Å². The summed E-state index contributed by atoms with van der Waals surface area (Å²) >= 11 is 0. The highest BCUT2D eigenvalue weighted by Crippen LogP contribution is 2.42. The third-order valence-electron chi connectivity index (χ3n) is 4.93. The molecule has 4 rings (SSSR count). The third-order valence-corrected chi connectivity index (χ3v) is 4.93. The number of anilines is 1. The average Bonchev–Trinajstić information content (AvgIpc) is 3.30. The van der Waals surface area contributed by atoms with E-state index >= 15 is 0 Å². The summed E-state index contributed by atoms with van der Waals surface area (Å²) in [5.74, 6) is -0.156. The van der Waals surface area contributed by atoms with Crippen LogP contribution in [0.2, 0.25) is 0 Å². The molecule has 2 aromatic carbocycles. The lowest BCUT2D eigenvalue weighted by atomic mass is 9.99. The van der Waals surface area contributed by atoms with Gasteiger partial charge >= 0.3 is 0 Å². The van der Waals surface area contributed by atoms with Crippen molar-refractivity contribution in [2.45, 2.75) is 19.9 Å². The standard InChI is InChI=1S/C24H21NO5/c1-3-29-18-11-7-8-16(14-18)22(26)20-21(19-13-12-15(2)30-19)25(24(28)23(20)27)17-9-5-4-6-10-17/h4-14,21,26H,3H2,1-2H3/b22-20-. The number of para-hydroxylation sites is 1. The smallest absolute Gasteiger partial charge is 0.300 e. The number of nitrogens with zero attached hydrogens (tertiary/aromatic N) is 1. The first-order valence-electron chi connectivity index (χ1n) is 9.67. The zero-order valence-corrected chi connectivity index (χ0v) is 16.7. The molecule has 1 aliphatic rings. The van der Waals surface area contributed by atoms with Gasteiger partial charge in [-0.25, -0.2) is 0 Å². The quantitative estimate of drug-likeness (QED) is 0.382. The van der Waals surface area contributed by atoms with Crippen molar-refractivity contribution in [3.05, 3.63) is 89.4 Å². The van der Waals surface area contributed by atoms with Crippen LogP contribution in [0.25, 0.3) is 5.76 Å². The lowest BCUT2D eigenvalue weighted by molar-refractivity contribution is -0.132. The molecule has 1 amide bonds. The van der Waals surface area contributed by atoms with Gasteiger partial charge in [0.25, 0.3) is 11.7 Å². The number of carbonyl (C=O) groups excluding carboxylic acids is 2. The second-order valence-electron chi connectivity index (χ2n) is 6.91. The Morgan fingerprint density at radius 1 is 1.07 bits per heavy atom. The van der Waals surface area contributed by atoms with Gasteiger partial charge in [-0.1, -0.05) is 30.3 Å². The summed E-state index contributed by atoms with van der Waals surface area (Å²) in [4.78, 5) is 27.4. The van der Waals surface area contributed by atoms with E-state index in [1.165, 1.54) is 4.90 Å². The maximum atomic E-state index is 13.0. The highest BCUT2D eigenvalue weighted by Gasteiger charge is 2.48. The molecule has 0 radical (unpaired) electrons. The van der Waals surface area contributed by atoms with Gasteiger partial charge in [0, 0.05) is 11.3 Å². The van der Waals surface area contributed by atoms with E-state index in [2.05, 4.69) is 0 Å². The predicted molar refractivity (Wildman–Crippen MR) is 112 cm³/mol. The van der Waals surface area contributed by atoms with Gasteiger partial charge in [-0.2, -0.15) is 0 Å². The fourth-order valence-electron chi connectivity index (χ4n) is 3.61. The number of ketones is 1. The SMILES string of the molecule is CCOc1cccc(/C(O)=C2/C(=O)C(=O)N(c3ccccc3)C2c2ccc(C)o2)c1. The first-order valence-corrected chi connectivity index (χ1v) is 9.67. The summed E-state index contributed by atoms with van der Waals surface area (Å²) < 4.78 is 11.3. The van der Waals surface area contributed by atoms with Crippen LogP contribution in [0.15, 0.2) is 76.7 Å². The maximum Gasteiger partial charge on any atom is 0.300 e. The van der Waals surface area contributed by atoms with Crippen LogP contribution in [0.5, 0.6) is 5.75 Å². The minimum Gasteiger partial charge on any atom is -0.507 e. The van der Waals surface area contributed by atoms with Gasteiger partial charge in [0.1, 0.15) is 29.1 Å². The first-order chi connectivity index (χ1) is 14.5. The molecule has 6 heteroatoms. The molecule has 0 bridgehead atoms. The van der Waals surface area contributed by atoms with Crippen LogP contribution in [-0.4, -0.2) is 23.4 Å². The number of furan rings is 1. The Hall–Kier alpha value is -3.80. The number of rotatable bonds is 5. The molecule has 1 aromatic heterocycles. The number of carbonyl (C=O) groups is 2. The number of hydrogen-bond acceptors (Lipinski definition) is 5. The van der Waals surface area contributed by atoms with Crippen molar-refractivity contribution < 1.29 is 23.8 Å². The molecule has 1 saturated heterocycles. The summed E-state index contributed by atoms with van der Waals surface area (Å²) in [6.07, 6.45) is 0. The van der Waals surface area contributed by atoms with E-state index in [9.17, 15) is 14.7 Å². The molecular formula is C24H21NO5. The van der Waals surface area contributed by atoms with Crippen molar-refractivity contribution in [1.82, 2.24) is 0 Å². The highest BCUT2D eigenvalue weighted by atomic mass is 16.5. The second-order valence-corrected chi connectivity index (χ2v) is 6.91. The zero-order chi connectivity index (χ0) is 21.3. The molecule has 3 aromatic rings. The number of benzene rings is 2.